The first kappa shape index (κ1) is 29.1. The van der Waals surface area contributed by atoms with Gasteiger partial charge in [-0.15, -0.1) is 0 Å². The van der Waals surface area contributed by atoms with E-state index in [1.54, 1.807) is 42.5 Å². The molecular weight excluding hydrogens is 587 g/mol. The highest BCUT2D eigenvalue weighted by Crippen LogP contribution is 2.32. The van der Waals surface area contributed by atoms with E-state index in [0.29, 0.717) is 40.8 Å². The van der Waals surface area contributed by atoms with Gasteiger partial charge >= 0.3 is 5.69 Å². The molecule has 1 aliphatic rings. The first-order valence-corrected chi connectivity index (χ1v) is 15.5. The molecule has 5 aromatic rings. The molecule has 44 heavy (non-hydrogen) atoms. The Balaban J connectivity index is 1.33. The van der Waals surface area contributed by atoms with Gasteiger partial charge in [-0.25, -0.2) is 22.6 Å². The average Bonchev–Trinajstić information content (AvgIpc) is 3.70. The van der Waals surface area contributed by atoms with Crippen LogP contribution in [0.2, 0.25) is 0 Å². The van der Waals surface area contributed by atoms with Crippen LogP contribution in [0.15, 0.2) is 87.3 Å². The van der Waals surface area contributed by atoms with Gasteiger partial charge in [-0.1, -0.05) is 30.3 Å². The van der Waals surface area contributed by atoms with Crippen LogP contribution >= 0.6 is 0 Å². The molecular formula is C31H29FN6O5S. The Kier molecular flexibility index (Phi) is 7.64. The number of imidazole rings is 1. The van der Waals surface area contributed by atoms with E-state index < -0.39 is 33.0 Å². The number of aromatic amines is 2. The van der Waals surface area contributed by atoms with Crippen LogP contribution in [0.3, 0.4) is 0 Å². The molecule has 4 N–H and O–H groups in total. The lowest BCUT2D eigenvalue weighted by molar-refractivity contribution is -0.114. The Labute approximate surface area is 251 Å². The Morgan fingerprint density at radius 2 is 1.68 bits per heavy atom. The predicted molar refractivity (Wildman–Crippen MR) is 164 cm³/mol. The highest BCUT2D eigenvalue weighted by Gasteiger charge is 2.27. The molecule has 0 bridgehead atoms. The molecule has 1 unspecified atom stereocenters. The summed E-state index contributed by atoms with van der Waals surface area (Å²) in [4.78, 5) is 46.8. The van der Waals surface area contributed by atoms with Crippen LogP contribution in [0.1, 0.15) is 42.6 Å². The summed E-state index contributed by atoms with van der Waals surface area (Å²) < 4.78 is 44.8. The molecule has 1 saturated carbocycles. The minimum Gasteiger partial charge on any atom is -0.336 e. The van der Waals surface area contributed by atoms with Gasteiger partial charge in [0.15, 0.2) is 5.65 Å². The number of fused-ring (bicyclic) bond motifs is 1. The fourth-order valence-corrected chi connectivity index (χ4v) is 6.18. The minimum absolute atomic E-state index is 0.0119. The molecule has 2 aromatic heterocycles. The number of nitrogens with zero attached hydrogens (tertiary/aromatic N) is 2. The molecule has 11 nitrogen and oxygen atoms in total. The Bertz CT molecular complexity index is 2080. The quantitative estimate of drug-likeness (QED) is 0.185. The zero-order valence-electron chi connectivity index (χ0n) is 23.6. The molecule has 0 saturated heterocycles. The van der Waals surface area contributed by atoms with Crippen molar-refractivity contribution in [2.75, 3.05) is 10.0 Å². The molecule has 13 heteroatoms. The molecule has 1 aliphatic carbocycles. The van der Waals surface area contributed by atoms with Crippen LogP contribution in [0.5, 0.6) is 0 Å². The van der Waals surface area contributed by atoms with E-state index in [1.165, 1.54) is 41.8 Å². The van der Waals surface area contributed by atoms with Gasteiger partial charge in [0.25, 0.3) is 15.6 Å². The van der Waals surface area contributed by atoms with E-state index in [-0.39, 0.29) is 28.4 Å². The number of aromatic nitrogens is 4. The topological polar surface area (TPSA) is 159 Å². The number of benzene rings is 3. The summed E-state index contributed by atoms with van der Waals surface area (Å²) in [6.07, 6.45) is 2.18. The third kappa shape index (κ3) is 6.18. The van der Waals surface area contributed by atoms with E-state index in [0.717, 1.165) is 12.8 Å². The van der Waals surface area contributed by atoms with Gasteiger partial charge < -0.3 is 10.3 Å². The number of sulfonamides is 1. The highest BCUT2D eigenvalue weighted by molar-refractivity contribution is 7.92. The molecule has 2 heterocycles. The van der Waals surface area contributed by atoms with Gasteiger partial charge in [0.05, 0.1) is 4.90 Å². The highest BCUT2D eigenvalue weighted by atomic mass is 32.2. The number of hydrogen-bond donors (Lipinski definition) is 4. The van der Waals surface area contributed by atoms with Crippen molar-refractivity contribution in [1.29, 1.82) is 0 Å². The van der Waals surface area contributed by atoms with Crippen molar-refractivity contribution >= 4 is 38.5 Å². The summed E-state index contributed by atoms with van der Waals surface area (Å²) >= 11 is 0. The smallest absolute Gasteiger partial charge is 0.330 e. The average molecular weight is 617 g/mol. The summed E-state index contributed by atoms with van der Waals surface area (Å²) in [7, 11) is -3.94. The molecule has 1 fully saturated rings. The summed E-state index contributed by atoms with van der Waals surface area (Å²) in [5.41, 5.74) is 1.16. The van der Waals surface area contributed by atoms with Crippen molar-refractivity contribution in [1.82, 2.24) is 19.5 Å². The Morgan fingerprint density at radius 3 is 2.34 bits per heavy atom. The monoisotopic (exact) mass is 616 g/mol. The molecule has 0 spiro atoms. The van der Waals surface area contributed by atoms with Crippen LogP contribution in [0, 0.1) is 11.7 Å². The minimum atomic E-state index is -3.94. The first-order chi connectivity index (χ1) is 21.1. The Morgan fingerprint density at radius 1 is 1.00 bits per heavy atom. The van der Waals surface area contributed by atoms with E-state index in [9.17, 15) is 27.2 Å². The van der Waals surface area contributed by atoms with Crippen LogP contribution < -0.4 is 21.3 Å². The van der Waals surface area contributed by atoms with Gasteiger partial charge in [0, 0.05) is 30.8 Å². The fraction of sp³-hybridized carbons (Fsp3) is 0.226. The number of nitrogens with one attached hydrogen (secondary N) is 4. The second-order valence-electron chi connectivity index (χ2n) is 10.9. The summed E-state index contributed by atoms with van der Waals surface area (Å²) in [6, 6.07) is 18.7. The van der Waals surface area contributed by atoms with Crippen LogP contribution in [-0.2, 0) is 27.8 Å². The second-order valence-corrected chi connectivity index (χ2v) is 12.6. The van der Waals surface area contributed by atoms with E-state index in [2.05, 4.69) is 20.0 Å². The van der Waals surface area contributed by atoms with Gasteiger partial charge in [-0.2, -0.15) is 0 Å². The third-order valence-electron chi connectivity index (χ3n) is 7.55. The number of amides is 1. The van der Waals surface area contributed by atoms with Crippen molar-refractivity contribution in [3.05, 3.63) is 116 Å². The zero-order valence-corrected chi connectivity index (χ0v) is 24.4. The van der Waals surface area contributed by atoms with Gasteiger partial charge in [-0.05, 0) is 78.8 Å². The normalized spacial score (nSPS) is 14.0. The van der Waals surface area contributed by atoms with Crippen LogP contribution in [0.4, 0.5) is 15.8 Å². The SMILES string of the molecule is CC(=O)Nc1ccc(S(=O)(=O)Nc2ccc(C(Cc3ccccc3F)c3nc4c([nH]3)c(=O)[nH]c(=O)n4CC3CC3)cc2)cc1. The molecule has 0 aliphatic heterocycles. The first-order valence-electron chi connectivity index (χ1n) is 14.0. The number of halogens is 1. The van der Waals surface area contributed by atoms with Crippen molar-refractivity contribution < 1.29 is 17.6 Å². The summed E-state index contributed by atoms with van der Waals surface area (Å²) in [5, 5.41) is 2.59. The third-order valence-corrected chi connectivity index (χ3v) is 8.95. The van der Waals surface area contributed by atoms with Crippen molar-refractivity contribution in [3.63, 3.8) is 0 Å². The molecule has 226 valence electrons. The van der Waals surface area contributed by atoms with Gasteiger partial charge in [-0.3, -0.25) is 23.9 Å². The van der Waals surface area contributed by atoms with Crippen molar-refractivity contribution in [2.45, 2.75) is 43.5 Å². The summed E-state index contributed by atoms with van der Waals surface area (Å²) in [6.45, 7) is 1.80. The van der Waals surface area contributed by atoms with Gasteiger partial charge in [0.2, 0.25) is 5.91 Å². The molecule has 3 aromatic carbocycles. The van der Waals surface area contributed by atoms with Crippen molar-refractivity contribution in [3.8, 4) is 0 Å². The second kappa shape index (κ2) is 11.6. The maximum absolute atomic E-state index is 14.8. The van der Waals surface area contributed by atoms with E-state index >= 15 is 0 Å². The zero-order chi connectivity index (χ0) is 31.0. The largest absolute Gasteiger partial charge is 0.336 e. The lowest BCUT2D eigenvalue weighted by Gasteiger charge is -2.17. The lowest BCUT2D eigenvalue weighted by Crippen LogP contribution is -2.30. The predicted octanol–water partition coefficient (Wildman–Crippen LogP) is 4.10. The maximum atomic E-state index is 14.8. The van der Waals surface area contributed by atoms with Crippen LogP contribution in [-0.4, -0.2) is 33.8 Å². The molecule has 6 rings (SSSR count). The fourth-order valence-electron chi connectivity index (χ4n) is 5.13. The maximum Gasteiger partial charge on any atom is 0.330 e. The standard InChI is InChI=1S/C31H29FN6O5S/c1-18(39)33-22-12-14-24(15-13-22)44(42,43)37-23-10-8-20(9-11-23)25(16-21-4-2-3-5-26(21)32)28-34-27-29(35-28)38(17-19-6-7-19)31(41)36-30(27)40/h2-5,8-15,19,25,37H,6-7,16-17H2,1H3,(H,33,39)(H,34,35)(H,36,40,41). The van der Waals surface area contributed by atoms with E-state index in [4.69, 9.17) is 4.98 Å². The molecule has 1 atom stereocenters. The number of hydrogen-bond acceptors (Lipinski definition) is 6. The van der Waals surface area contributed by atoms with Gasteiger partial charge in [0.1, 0.15) is 17.2 Å². The number of rotatable bonds is 10. The number of H-pyrrole nitrogens is 2. The number of anilines is 2. The van der Waals surface area contributed by atoms with Crippen molar-refractivity contribution in [2.24, 2.45) is 5.92 Å². The lowest BCUT2D eigenvalue weighted by atomic mass is 9.91. The Hall–Kier alpha value is -5.04. The summed E-state index contributed by atoms with van der Waals surface area (Å²) in [5.74, 6) is -0.505. The number of carbonyl (C=O) groups excluding carboxylic acids is 1. The van der Waals surface area contributed by atoms with E-state index in [1.807, 2.05) is 0 Å². The number of carbonyl (C=O) groups is 1. The van der Waals surface area contributed by atoms with Crippen LogP contribution in [0.25, 0.3) is 11.2 Å². The molecule has 1 amide bonds. The molecule has 0 radical (unpaired) electrons.